The first-order valence-electron chi connectivity index (χ1n) is 8.53. The molecule has 132 valence electrons. The van der Waals surface area contributed by atoms with Crippen molar-refractivity contribution < 1.29 is 14.1 Å². The number of nitrogens with zero attached hydrogens (tertiary/aromatic N) is 2. The molecule has 1 aromatic heterocycles. The Morgan fingerprint density at radius 2 is 2.08 bits per heavy atom. The van der Waals surface area contributed by atoms with Crippen molar-refractivity contribution in [2.75, 3.05) is 6.54 Å². The van der Waals surface area contributed by atoms with E-state index in [4.69, 9.17) is 4.52 Å². The lowest BCUT2D eigenvalue weighted by Gasteiger charge is -2.18. The number of hydrogen-bond acceptors (Lipinski definition) is 4. The fraction of sp³-hybridized carbons (Fsp3) is 0.421. The van der Waals surface area contributed by atoms with Crippen molar-refractivity contribution in [1.29, 1.82) is 0 Å². The molecule has 0 radical (unpaired) electrons. The highest BCUT2D eigenvalue weighted by molar-refractivity contribution is 5.91. The Labute approximate surface area is 147 Å². The summed E-state index contributed by atoms with van der Waals surface area (Å²) in [6, 6.07) is 9.41. The average Bonchev–Trinajstić information content (AvgIpc) is 3.11. The molecule has 6 nitrogen and oxygen atoms in total. The van der Waals surface area contributed by atoms with Crippen molar-refractivity contribution in [1.82, 2.24) is 15.4 Å². The van der Waals surface area contributed by atoms with Crippen LogP contribution in [-0.2, 0) is 16.1 Å². The number of aryl methyl sites for hydroxylation is 2. The van der Waals surface area contributed by atoms with Crippen LogP contribution in [0.5, 0.6) is 0 Å². The van der Waals surface area contributed by atoms with E-state index in [2.05, 4.69) is 10.5 Å². The molecule has 0 saturated carbocycles. The summed E-state index contributed by atoms with van der Waals surface area (Å²) >= 11 is 0. The summed E-state index contributed by atoms with van der Waals surface area (Å²) in [4.78, 5) is 26.9. The van der Waals surface area contributed by atoms with E-state index in [-0.39, 0.29) is 11.8 Å². The predicted octanol–water partition coefficient (Wildman–Crippen LogP) is 2.31. The predicted molar refractivity (Wildman–Crippen MR) is 92.8 cm³/mol. The zero-order valence-electron chi connectivity index (χ0n) is 14.8. The number of hydrogen-bond donors (Lipinski definition) is 1. The van der Waals surface area contributed by atoms with Gasteiger partial charge in [-0.05, 0) is 32.8 Å². The monoisotopic (exact) mass is 341 g/mol. The van der Waals surface area contributed by atoms with Gasteiger partial charge >= 0.3 is 0 Å². The number of benzene rings is 1. The van der Waals surface area contributed by atoms with Gasteiger partial charge in [-0.2, -0.15) is 0 Å². The lowest BCUT2D eigenvalue weighted by Crippen LogP contribution is -2.43. The molecule has 25 heavy (non-hydrogen) atoms. The molecule has 1 fully saturated rings. The Bertz CT molecular complexity index is 750. The van der Waals surface area contributed by atoms with E-state index in [1.165, 1.54) is 0 Å². The van der Waals surface area contributed by atoms with Gasteiger partial charge in [-0.1, -0.05) is 35.5 Å². The molecule has 2 aromatic rings. The minimum absolute atomic E-state index is 0.0248. The molecule has 0 spiro atoms. The fourth-order valence-corrected chi connectivity index (χ4v) is 3.37. The number of carbonyl (C=O) groups is 2. The van der Waals surface area contributed by atoms with Crippen molar-refractivity contribution >= 4 is 11.8 Å². The Kier molecular flexibility index (Phi) is 4.88. The van der Waals surface area contributed by atoms with Gasteiger partial charge in [0.25, 0.3) is 0 Å². The normalized spacial score (nSPS) is 18.4. The Balaban J connectivity index is 1.62. The third-order valence-electron chi connectivity index (χ3n) is 4.75. The molecule has 1 saturated heterocycles. The zero-order valence-corrected chi connectivity index (χ0v) is 14.8. The number of nitrogens with one attached hydrogen (secondary N) is 1. The number of carbonyl (C=O) groups excluding carboxylic acids is 2. The SMILES string of the molecule is Cc1noc(C)c1C(C)C(=O)NC1CCN(Cc2ccccc2)C1=O. The quantitative estimate of drug-likeness (QED) is 0.905. The van der Waals surface area contributed by atoms with Crippen LogP contribution in [0.4, 0.5) is 0 Å². The van der Waals surface area contributed by atoms with Crippen LogP contribution in [0.1, 0.15) is 41.8 Å². The van der Waals surface area contributed by atoms with Crippen LogP contribution in [0, 0.1) is 13.8 Å². The van der Waals surface area contributed by atoms with Crippen LogP contribution >= 0.6 is 0 Å². The second-order valence-electron chi connectivity index (χ2n) is 6.55. The molecule has 1 N–H and O–H groups in total. The van der Waals surface area contributed by atoms with Crippen LogP contribution in [0.2, 0.25) is 0 Å². The second-order valence-corrected chi connectivity index (χ2v) is 6.55. The van der Waals surface area contributed by atoms with Crippen molar-refractivity contribution in [3.8, 4) is 0 Å². The summed E-state index contributed by atoms with van der Waals surface area (Å²) < 4.78 is 5.14. The van der Waals surface area contributed by atoms with Crippen molar-refractivity contribution in [2.24, 2.45) is 0 Å². The van der Waals surface area contributed by atoms with Gasteiger partial charge in [-0.3, -0.25) is 9.59 Å². The first-order valence-corrected chi connectivity index (χ1v) is 8.53. The van der Waals surface area contributed by atoms with Gasteiger partial charge in [0.15, 0.2) is 0 Å². The third-order valence-corrected chi connectivity index (χ3v) is 4.75. The Hall–Kier alpha value is -2.63. The molecule has 3 rings (SSSR count). The highest BCUT2D eigenvalue weighted by Gasteiger charge is 2.34. The molecular weight excluding hydrogens is 318 g/mol. The maximum absolute atomic E-state index is 12.6. The summed E-state index contributed by atoms with van der Waals surface area (Å²) in [5, 5.41) is 6.78. The first kappa shape index (κ1) is 17.2. The van der Waals surface area contributed by atoms with E-state index in [1.54, 1.807) is 11.8 Å². The molecule has 1 aliphatic rings. The number of aromatic nitrogens is 1. The lowest BCUT2D eigenvalue weighted by molar-refractivity contribution is -0.133. The molecule has 0 aliphatic carbocycles. The molecule has 6 heteroatoms. The molecular formula is C19H23N3O3. The molecule has 2 amide bonds. The van der Waals surface area contributed by atoms with Gasteiger partial charge < -0.3 is 14.7 Å². The number of amides is 2. The van der Waals surface area contributed by atoms with Gasteiger partial charge in [0.1, 0.15) is 11.8 Å². The minimum Gasteiger partial charge on any atom is -0.361 e. The highest BCUT2D eigenvalue weighted by Crippen LogP contribution is 2.24. The molecule has 1 aromatic carbocycles. The average molecular weight is 341 g/mol. The van der Waals surface area contributed by atoms with Gasteiger partial charge in [0.2, 0.25) is 11.8 Å². The summed E-state index contributed by atoms with van der Waals surface area (Å²) in [7, 11) is 0. The standard InChI is InChI=1S/C19H23N3O3/c1-12(17-13(2)21-25-14(17)3)18(23)20-16-9-10-22(19(16)24)11-15-7-5-4-6-8-15/h4-8,12,16H,9-11H2,1-3H3,(H,20,23). The Morgan fingerprint density at radius 3 is 2.72 bits per heavy atom. The van der Waals surface area contributed by atoms with Gasteiger partial charge in [0.05, 0.1) is 11.6 Å². The van der Waals surface area contributed by atoms with Crippen LogP contribution in [0.25, 0.3) is 0 Å². The fourth-order valence-electron chi connectivity index (χ4n) is 3.37. The molecule has 0 bridgehead atoms. The van der Waals surface area contributed by atoms with E-state index in [1.807, 2.05) is 44.2 Å². The van der Waals surface area contributed by atoms with E-state index < -0.39 is 12.0 Å². The topological polar surface area (TPSA) is 75.4 Å². The van der Waals surface area contributed by atoms with Gasteiger partial charge in [-0.25, -0.2) is 0 Å². The minimum atomic E-state index is -0.459. The van der Waals surface area contributed by atoms with Crippen molar-refractivity contribution in [2.45, 2.75) is 45.7 Å². The number of rotatable bonds is 5. The van der Waals surface area contributed by atoms with Crippen molar-refractivity contribution in [3.63, 3.8) is 0 Å². The van der Waals surface area contributed by atoms with E-state index >= 15 is 0 Å². The van der Waals surface area contributed by atoms with Crippen LogP contribution in [0.3, 0.4) is 0 Å². The third kappa shape index (κ3) is 3.57. The smallest absolute Gasteiger partial charge is 0.245 e. The molecule has 2 unspecified atom stereocenters. The molecule has 2 heterocycles. The lowest BCUT2D eigenvalue weighted by atomic mass is 9.98. The van der Waals surface area contributed by atoms with E-state index in [0.29, 0.717) is 31.0 Å². The summed E-state index contributed by atoms with van der Waals surface area (Å²) in [6.07, 6.45) is 0.631. The van der Waals surface area contributed by atoms with Crippen LogP contribution < -0.4 is 5.32 Å². The van der Waals surface area contributed by atoms with Crippen LogP contribution in [-0.4, -0.2) is 34.5 Å². The Morgan fingerprint density at radius 1 is 1.36 bits per heavy atom. The van der Waals surface area contributed by atoms with Gasteiger partial charge in [-0.15, -0.1) is 0 Å². The molecule has 1 aliphatic heterocycles. The van der Waals surface area contributed by atoms with Crippen LogP contribution in [0.15, 0.2) is 34.9 Å². The highest BCUT2D eigenvalue weighted by atomic mass is 16.5. The first-order chi connectivity index (χ1) is 12.0. The summed E-state index contributed by atoms with van der Waals surface area (Å²) in [5.41, 5.74) is 2.60. The van der Waals surface area contributed by atoms with E-state index in [0.717, 1.165) is 11.1 Å². The maximum atomic E-state index is 12.6. The maximum Gasteiger partial charge on any atom is 0.245 e. The summed E-state index contributed by atoms with van der Waals surface area (Å²) in [6.45, 7) is 6.65. The largest absolute Gasteiger partial charge is 0.361 e. The zero-order chi connectivity index (χ0) is 18.0. The second kappa shape index (κ2) is 7.09. The van der Waals surface area contributed by atoms with Crippen molar-refractivity contribution in [3.05, 3.63) is 52.9 Å². The van der Waals surface area contributed by atoms with E-state index in [9.17, 15) is 9.59 Å². The summed E-state index contributed by atoms with van der Waals surface area (Å²) in [5.74, 6) is 0.0447. The van der Waals surface area contributed by atoms with Gasteiger partial charge in [0, 0.05) is 18.7 Å². The number of likely N-dealkylation sites (tertiary alicyclic amines) is 1. The molecule has 2 atom stereocenters.